The zero-order chi connectivity index (χ0) is 11.7. The Kier molecular flexibility index (Phi) is 3.25. The number of aliphatic carboxylic acids is 1. The van der Waals surface area contributed by atoms with E-state index in [1.54, 1.807) is 0 Å². The van der Waals surface area contributed by atoms with Gasteiger partial charge in [0.2, 0.25) is 0 Å². The monoisotopic (exact) mass is 227 g/mol. The van der Waals surface area contributed by atoms with Crippen LogP contribution in [-0.2, 0) is 9.53 Å². The molecule has 88 valence electrons. The van der Waals surface area contributed by atoms with Crippen molar-refractivity contribution in [2.75, 3.05) is 13.7 Å². The van der Waals surface area contributed by atoms with Gasteiger partial charge in [0.15, 0.2) is 0 Å². The standard InChI is InChI=1S/C8H12F3NO3/c1-15-5-2-7(3-5,6(13)14)12-4-8(9,10)11/h5,12H,2-4H2,1H3,(H,13,14). The Bertz CT molecular complexity index is 248. The fraction of sp³-hybridized carbons (Fsp3) is 0.875. The molecule has 0 bridgehead atoms. The molecule has 0 atom stereocenters. The van der Waals surface area contributed by atoms with Crippen molar-refractivity contribution < 1.29 is 27.8 Å². The van der Waals surface area contributed by atoms with E-state index in [1.807, 2.05) is 5.32 Å². The summed E-state index contributed by atoms with van der Waals surface area (Å²) in [5.41, 5.74) is -1.48. The van der Waals surface area contributed by atoms with E-state index >= 15 is 0 Å². The van der Waals surface area contributed by atoms with Crippen LogP contribution < -0.4 is 5.32 Å². The van der Waals surface area contributed by atoms with Gasteiger partial charge in [0.05, 0.1) is 12.6 Å². The number of alkyl halides is 3. The first-order chi connectivity index (χ1) is 6.79. The molecule has 0 aromatic carbocycles. The Morgan fingerprint density at radius 1 is 1.60 bits per heavy atom. The first-order valence-electron chi connectivity index (χ1n) is 4.37. The molecule has 0 spiro atoms. The summed E-state index contributed by atoms with van der Waals surface area (Å²) in [6.07, 6.45) is -4.55. The zero-order valence-corrected chi connectivity index (χ0v) is 8.10. The van der Waals surface area contributed by atoms with E-state index in [0.29, 0.717) is 0 Å². The maximum atomic E-state index is 11.9. The predicted octanol–water partition coefficient (Wildman–Crippen LogP) is 0.770. The van der Waals surface area contributed by atoms with Crippen LogP contribution in [0.1, 0.15) is 12.8 Å². The topological polar surface area (TPSA) is 58.6 Å². The quantitative estimate of drug-likeness (QED) is 0.744. The molecular weight excluding hydrogens is 215 g/mol. The molecule has 1 saturated carbocycles. The summed E-state index contributed by atoms with van der Waals surface area (Å²) < 4.78 is 40.5. The first-order valence-corrected chi connectivity index (χ1v) is 4.37. The number of halogens is 3. The Labute approximate surface area is 84.4 Å². The lowest BCUT2D eigenvalue weighted by Gasteiger charge is -2.44. The Hall–Kier alpha value is -0.820. The molecule has 0 aliphatic heterocycles. The molecule has 4 nitrogen and oxygen atoms in total. The number of methoxy groups -OCH3 is 1. The third kappa shape index (κ3) is 2.82. The van der Waals surface area contributed by atoms with Gasteiger partial charge in [0.1, 0.15) is 5.54 Å². The number of carboxylic acids is 1. The fourth-order valence-electron chi connectivity index (χ4n) is 1.55. The van der Waals surface area contributed by atoms with Crippen LogP contribution in [0.25, 0.3) is 0 Å². The summed E-state index contributed by atoms with van der Waals surface area (Å²) in [4.78, 5) is 10.8. The van der Waals surface area contributed by atoms with Gasteiger partial charge in [-0.25, -0.2) is 0 Å². The van der Waals surface area contributed by atoms with E-state index < -0.39 is 24.2 Å². The lowest BCUT2D eigenvalue weighted by molar-refractivity contribution is -0.163. The minimum Gasteiger partial charge on any atom is -0.480 e. The van der Waals surface area contributed by atoms with Gasteiger partial charge in [0, 0.05) is 20.0 Å². The largest absolute Gasteiger partial charge is 0.480 e. The van der Waals surface area contributed by atoms with Gasteiger partial charge in [-0.1, -0.05) is 0 Å². The summed E-state index contributed by atoms with van der Waals surface area (Å²) >= 11 is 0. The number of ether oxygens (including phenoxy) is 1. The number of carbonyl (C=O) groups is 1. The molecule has 1 aliphatic carbocycles. The van der Waals surface area contributed by atoms with Crippen molar-refractivity contribution in [3.8, 4) is 0 Å². The zero-order valence-electron chi connectivity index (χ0n) is 8.10. The third-order valence-corrected chi connectivity index (χ3v) is 2.52. The first kappa shape index (κ1) is 12.3. The number of hydrogen-bond acceptors (Lipinski definition) is 3. The molecule has 1 fully saturated rings. The molecule has 0 aromatic rings. The molecule has 0 aromatic heterocycles. The SMILES string of the molecule is COC1CC(NCC(F)(F)F)(C(=O)O)C1. The molecule has 7 heteroatoms. The van der Waals surface area contributed by atoms with E-state index in [4.69, 9.17) is 9.84 Å². The summed E-state index contributed by atoms with van der Waals surface area (Å²) in [6, 6.07) is 0. The maximum absolute atomic E-state index is 11.9. The molecule has 0 saturated heterocycles. The molecule has 15 heavy (non-hydrogen) atoms. The molecule has 2 N–H and O–H groups in total. The van der Waals surface area contributed by atoms with Gasteiger partial charge in [-0.05, 0) is 0 Å². The highest BCUT2D eigenvalue weighted by molar-refractivity contribution is 5.80. The highest BCUT2D eigenvalue weighted by atomic mass is 19.4. The molecular formula is C8H12F3NO3. The van der Waals surface area contributed by atoms with Crippen LogP contribution in [-0.4, -0.2) is 42.5 Å². The van der Waals surface area contributed by atoms with Gasteiger partial charge >= 0.3 is 12.1 Å². The van der Waals surface area contributed by atoms with Gasteiger partial charge in [-0.3, -0.25) is 10.1 Å². The summed E-state index contributed by atoms with van der Waals surface area (Å²) in [6.45, 7) is -1.30. The van der Waals surface area contributed by atoms with Crippen LogP contribution in [0, 0.1) is 0 Å². The molecule has 0 amide bonds. The predicted molar refractivity (Wildman–Crippen MR) is 44.5 cm³/mol. The van der Waals surface area contributed by atoms with Crippen molar-refractivity contribution in [2.24, 2.45) is 0 Å². The Morgan fingerprint density at radius 2 is 2.13 bits per heavy atom. The average Bonchev–Trinajstić information content (AvgIpc) is 1.99. The smallest absolute Gasteiger partial charge is 0.401 e. The number of hydrogen-bond donors (Lipinski definition) is 2. The normalized spacial score (nSPS) is 31.1. The lowest BCUT2D eigenvalue weighted by Crippen LogP contribution is -2.64. The minimum atomic E-state index is -4.40. The van der Waals surface area contributed by atoms with Crippen molar-refractivity contribution in [3.05, 3.63) is 0 Å². The van der Waals surface area contributed by atoms with Crippen LogP contribution in [0.4, 0.5) is 13.2 Å². The second-order valence-electron chi connectivity index (χ2n) is 3.62. The second-order valence-corrected chi connectivity index (χ2v) is 3.62. The van der Waals surface area contributed by atoms with Crippen LogP contribution in [0.5, 0.6) is 0 Å². The Balaban J connectivity index is 2.51. The van der Waals surface area contributed by atoms with E-state index in [2.05, 4.69) is 0 Å². The maximum Gasteiger partial charge on any atom is 0.401 e. The second kappa shape index (κ2) is 3.97. The van der Waals surface area contributed by atoms with Crippen molar-refractivity contribution in [2.45, 2.75) is 30.7 Å². The van der Waals surface area contributed by atoms with E-state index in [1.165, 1.54) is 7.11 Å². The van der Waals surface area contributed by atoms with Crippen LogP contribution in [0.3, 0.4) is 0 Å². The van der Waals surface area contributed by atoms with Crippen molar-refractivity contribution >= 4 is 5.97 Å². The van der Waals surface area contributed by atoms with Crippen LogP contribution in [0.15, 0.2) is 0 Å². The van der Waals surface area contributed by atoms with E-state index in [9.17, 15) is 18.0 Å². The molecule has 0 heterocycles. The van der Waals surface area contributed by atoms with Crippen molar-refractivity contribution in [1.82, 2.24) is 5.32 Å². The van der Waals surface area contributed by atoms with E-state index in [-0.39, 0.29) is 18.9 Å². The number of carboxylic acid groups (broad SMARTS) is 1. The van der Waals surface area contributed by atoms with Crippen molar-refractivity contribution in [1.29, 1.82) is 0 Å². The number of nitrogens with one attached hydrogen (secondary N) is 1. The lowest BCUT2D eigenvalue weighted by atomic mass is 9.74. The highest BCUT2D eigenvalue weighted by Crippen LogP contribution is 2.35. The van der Waals surface area contributed by atoms with Crippen LogP contribution in [0.2, 0.25) is 0 Å². The average molecular weight is 227 g/mol. The van der Waals surface area contributed by atoms with Gasteiger partial charge in [0.25, 0.3) is 0 Å². The van der Waals surface area contributed by atoms with Gasteiger partial charge in [-0.2, -0.15) is 13.2 Å². The molecule has 1 aliphatic rings. The van der Waals surface area contributed by atoms with Crippen LogP contribution >= 0.6 is 0 Å². The fourth-order valence-corrected chi connectivity index (χ4v) is 1.55. The number of rotatable bonds is 4. The summed E-state index contributed by atoms with van der Waals surface area (Å²) in [5.74, 6) is -1.26. The third-order valence-electron chi connectivity index (χ3n) is 2.52. The summed E-state index contributed by atoms with van der Waals surface area (Å²) in [5, 5.41) is 10.8. The summed E-state index contributed by atoms with van der Waals surface area (Å²) in [7, 11) is 1.40. The Morgan fingerprint density at radius 3 is 2.47 bits per heavy atom. The molecule has 0 radical (unpaired) electrons. The molecule has 0 unspecified atom stereocenters. The minimum absolute atomic E-state index is 0.0644. The van der Waals surface area contributed by atoms with Gasteiger partial charge in [-0.15, -0.1) is 0 Å². The molecule has 1 rings (SSSR count). The van der Waals surface area contributed by atoms with Gasteiger partial charge < -0.3 is 9.84 Å². The van der Waals surface area contributed by atoms with Crippen molar-refractivity contribution in [3.63, 3.8) is 0 Å². The highest BCUT2D eigenvalue weighted by Gasteiger charge is 2.52. The van der Waals surface area contributed by atoms with E-state index in [0.717, 1.165) is 0 Å².